The summed E-state index contributed by atoms with van der Waals surface area (Å²) >= 11 is 0. The average Bonchev–Trinajstić information content (AvgIpc) is 3.02. The van der Waals surface area contributed by atoms with Gasteiger partial charge in [0.1, 0.15) is 30.8 Å². The molecule has 2 aromatic carbocycles. The monoisotopic (exact) mass is 400 g/mol. The van der Waals surface area contributed by atoms with Gasteiger partial charge < -0.3 is 26.5 Å². The Bertz CT molecular complexity index is 855. The van der Waals surface area contributed by atoms with Crippen LogP contribution in [0, 0.1) is 6.92 Å². The lowest BCUT2D eigenvalue weighted by Crippen LogP contribution is -3.00. The highest BCUT2D eigenvalue weighted by Crippen LogP contribution is 2.23. The van der Waals surface area contributed by atoms with Crippen LogP contribution in [0.2, 0.25) is 0 Å². The third-order valence-corrected chi connectivity index (χ3v) is 4.52. The number of benzene rings is 2. The molecule has 3 aromatic rings. The Hall–Kier alpha value is -2.11. The lowest BCUT2D eigenvalue weighted by atomic mass is 10.1. The molecule has 4 nitrogen and oxygen atoms in total. The van der Waals surface area contributed by atoms with E-state index in [0.717, 1.165) is 24.6 Å². The van der Waals surface area contributed by atoms with Crippen molar-refractivity contribution in [1.29, 1.82) is 0 Å². The van der Waals surface area contributed by atoms with Crippen molar-refractivity contribution in [2.45, 2.75) is 20.1 Å². The van der Waals surface area contributed by atoms with E-state index in [1.807, 2.05) is 12.1 Å². The number of fused-ring (bicyclic) bond motifs is 1. The Morgan fingerprint density at radius 2 is 1.76 bits per heavy atom. The predicted octanol–water partition coefficient (Wildman–Crippen LogP) is 0.283. The van der Waals surface area contributed by atoms with Crippen molar-refractivity contribution in [2.75, 3.05) is 13.7 Å². The van der Waals surface area contributed by atoms with Gasteiger partial charge in [-0.15, -0.1) is 0 Å². The zero-order valence-corrected chi connectivity index (χ0v) is 16.0. The van der Waals surface area contributed by atoms with E-state index in [0.29, 0.717) is 6.61 Å². The lowest BCUT2D eigenvalue weighted by Gasteiger charge is -2.12. The predicted molar refractivity (Wildman–Crippen MR) is 92.3 cm³/mol. The van der Waals surface area contributed by atoms with Crippen molar-refractivity contribution in [3.05, 3.63) is 66.1 Å². The van der Waals surface area contributed by atoms with E-state index in [1.165, 1.54) is 22.6 Å². The molecule has 0 N–H and O–H groups in total. The molecule has 0 atom stereocenters. The van der Waals surface area contributed by atoms with Gasteiger partial charge >= 0.3 is 0 Å². The van der Waals surface area contributed by atoms with E-state index in [-0.39, 0.29) is 17.0 Å². The van der Waals surface area contributed by atoms with E-state index >= 15 is 0 Å². The summed E-state index contributed by atoms with van der Waals surface area (Å²) in [5.41, 5.74) is 4.85. The Balaban J connectivity index is 0.00000182. The van der Waals surface area contributed by atoms with Gasteiger partial charge in [-0.05, 0) is 31.2 Å². The summed E-state index contributed by atoms with van der Waals surface area (Å²) in [7, 11) is 1.69. The molecule has 4 rings (SSSR count). The second-order valence-electron chi connectivity index (χ2n) is 6.07. The van der Waals surface area contributed by atoms with Crippen LogP contribution in [0.3, 0.4) is 0 Å². The third kappa shape index (κ3) is 3.34. The van der Waals surface area contributed by atoms with Crippen molar-refractivity contribution in [1.82, 2.24) is 4.57 Å². The molecule has 1 aliphatic rings. The fraction of sp³-hybridized carbons (Fsp3) is 0.250. The number of hydrogen-bond donors (Lipinski definition) is 0. The van der Waals surface area contributed by atoms with Crippen LogP contribution in [0.5, 0.6) is 5.75 Å². The molecule has 0 aliphatic carbocycles. The first-order valence-corrected chi connectivity index (χ1v) is 8.19. The van der Waals surface area contributed by atoms with Gasteiger partial charge in [-0.3, -0.25) is 0 Å². The molecule has 0 bridgehead atoms. The smallest absolute Gasteiger partial charge is 0.288 e. The normalized spacial score (nSPS) is 13.0. The number of imidazole rings is 1. The molecular weight excluding hydrogens is 380 g/mol. The number of nitrogens with zero attached hydrogens (tertiary/aromatic N) is 2. The largest absolute Gasteiger partial charge is 1.00 e. The number of ether oxygens (including phenoxy) is 2. The zero-order valence-electron chi connectivity index (χ0n) is 14.4. The fourth-order valence-corrected chi connectivity index (χ4v) is 3.17. The standard InChI is InChI=1S/C20H21N2O2.BrH/c1-15-3-5-16(6-4-15)19-13-22(20-14-24-12-11-21(19)20)17-7-9-18(23-2)10-8-17;/h3-10,13H,11-12,14H2,1-2H3;1H/q+1;/p-1. The van der Waals surface area contributed by atoms with Crippen molar-refractivity contribution in [3.63, 3.8) is 0 Å². The maximum atomic E-state index is 5.70. The lowest BCUT2D eigenvalue weighted by molar-refractivity contribution is -0.706. The van der Waals surface area contributed by atoms with Crippen molar-refractivity contribution in [2.24, 2.45) is 0 Å². The summed E-state index contributed by atoms with van der Waals surface area (Å²) < 4.78 is 15.5. The molecule has 1 aliphatic heterocycles. The van der Waals surface area contributed by atoms with Crippen LogP contribution in [0.1, 0.15) is 11.4 Å². The van der Waals surface area contributed by atoms with Crippen LogP contribution in [-0.2, 0) is 17.9 Å². The summed E-state index contributed by atoms with van der Waals surface area (Å²) in [4.78, 5) is 0. The minimum absolute atomic E-state index is 0. The van der Waals surface area contributed by atoms with Crippen molar-refractivity contribution in [3.8, 4) is 22.7 Å². The number of hydrogen-bond acceptors (Lipinski definition) is 2. The molecule has 0 unspecified atom stereocenters. The van der Waals surface area contributed by atoms with Crippen molar-refractivity contribution < 1.29 is 31.0 Å². The minimum atomic E-state index is 0. The Morgan fingerprint density at radius 1 is 1.04 bits per heavy atom. The summed E-state index contributed by atoms with van der Waals surface area (Å²) in [6, 6.07) is 16.8. The molecule has 1 aromatic heterocycles. The van der Waals surface area contributed by atoms with Crippen LogP contribution in [0.4, 0.5) is 0 Å². The molecule has 25 heavy (non-hydrogen) atoms. The summed E-state index contributed by atoms with van der Waals surface area (Å²) in [5, 5.41) is 0. The van der Waals surface area contributed by atoms with Crippen LogP contribution in [0.15, 0.2) is 54.7 Å². The number of rotatable bonds is 3. The van der Waals surface area contributed by atoms with Crippen LogP contribution in [0.25, 0.3) is 16.9 Å². The van der Waals surface area contributed by atoms with Gasteiger partial charge in [0.25, 0.3) is 5.82 Å². The van der Waals surface area contributed by atoms with Crippen molar-refractivity contribution >= 4 is 0 Å². The first kappa shape index (κ1) is 17.7. The molecule has 0 radical (unpaired) electrons. The summed E-state index contributed by atoms with van der Waals surface area (Å²) in [6.07, 6.45) is 2.20. The summed E-state index contributed by atoms with van der Waals surface area (Å²) in [6.45, 7) is 4.37. The second kappa shape index (κ2) is 7.42. The number of aromatic nitrogens is 2. The van der Waals surface area contributed by atoms with Gasteiger partial charge in [-0.1, -0.05) is 29.8 Å². The maximum Gasteiger partial charge on any atom is 0.288 e. The van der Waals surface area contributed by atoms with E-state index in [9.17, 15) is 0 Å². The SMILES string of the molecule is COc1ccc(-n2cc(-c3ccc(C)cc3)[n+]3c2COCC3)cc1.[Br-]. The fourth-order valence-electron chi connectivity index (χ4n) is 3.17. The number of halogens is 1. The third-order valence-electron chi connectivity index (χ3n) is 4.52. The molecular formula is C20H21BrN2O2. The average molecular weight is 401 g/mol. The second-order valence-corrected chi connectivity index (χ2v) is 6.07. The maximum absolute atomic E-state index is 5.70. The summed E-state index contributed by atoms with van der Waals surface area (Å²) in [5.74, 6) is 2.03. The first-order chi connectivity index (χ1) is 11.8. The molecule has 0 saturated carbocycles. The first-order valence-electron chi connectivity index (χ1n) is 8.19. The van der Waals surface area contributed by atoms with E-state index < -0.39 is 0 Å². The van der Waals surface area contributed by atoms with Gasteiger partial charge in [0, 0.05) is 5.56 Å². The zero-order chi connectivity index (χ0) is 16.5. The molecule has 5 heteroatoms. The van der Waals surface area contributed by atoms with Crippen LogP contribution < -0.4 is 26.3 Å². The van der Waals surface area contributed by atoms with E-state index in [1.54, 1.807) is 7.11 Å². The highest BCUT2D eigenvalue weighted by Gasteiger charge is 2.28. The van der Waals surface area contributed by atoms with Gasteiger partial charge in [0.15, 0.2) is 5.69 Å². The van der Waals surface area contributed by atoms with E-state index in [2.05, 4.69) is 58.7 Å². The van der Waals surface area contributed by atoms with Gasteiger partial charge in [-0.2, -0.15) is 4.57 Å². The molecule has 0 fully saturated rings. The molecule has 0 amide bonds. The number of aryl methyl sites for hydroxylation is 1. The van der Waals surface area contributed by atoms with E-state index in [4.69, 9.17) is 9.47 Å². The van der Waals surface area contributed by atoms with Gasteiger partial charge in [0.2, 0.25) is 0 Å². The number of methoxy groups -OCH3 is 1. The Kier molecular flexibility index (Phi) is 5.25. The molecule has 0 spiro atoms. The minimum Gasteiger partial charge on any atom is -1.00 e. The highest BCUT2D eigenvalue weighted by atomic mass is 79.9. The Labute approximate surface area is 158 Å². The van der Waals surface area contributed by atoms with Crippen LogP contribution >= 0.6 is 0 Å². The Morgan fingerprint density at radius 3 is 2.44 bits per heavy atom. The molecule has 2 heterocycles. The topological polar surface area (TPSA) is 27.3 Å². The van der Waals surface area contributed by atoms with Gasteiger partial charge in [0.05, 0.1) is 13.7 Å². The quantitative estimate of drug-likeness (QED) is 0.590. The molecule has 130 valence electrons. The molecule has 0 saturated heterocycles. The van der Waals surface area contributed by atoms with Gasteiger partial charge in [-0.25, -0.2) is 4.57 Å². The van der Waals surface area contributed by atoms with Crippen LogP contribution in [-0.4, -0.2) is 18.3 Å². The highest BCUT2D eigenvalue weighted by molar-refractivity contribution is 5.57.